The van der Waals surface area contributed by atoms with Gasteiger partial charge in [0.25, 0.3) is 0 Å². The average Bonchev–Trinajstić information content (AvgIpc) is 2.23. The van der Waals surface area contributed by atoms with Gasteiger partial charge in [0.1, 0.15) is 11.9 Å². The van der Waals surface area contributed by atoms with Crippen LogP contribution in [0.1, 0.15) is 22.8 Å². The SMILES string of the molecule is Cc1cc(C(O)C(O)CN)cc(C)c1O. The standard InChI is InChI=1S/C11H17NO3/c1-6-3-8(4-7(2)10(6)14)11(15)9(13)5-12/h3-4,9,11,13-15H,5,12H2,1-2H3. The van der Waals surface area contributed by atoms with Gasteiger partial charge in [-0.25, -0.2) is 0 Å². The van der Waals surface area contributed by atoms with E-state index in [1.165, 1.54) is 0 Å². The van der Waals surface area contributed by atoms with Crippen LogP contribution in [-0.4, -0.2) is 28.0 Å². The maximum atomic E-state index is 9.72. The molecule has 1 aromatic carbocycles. The van der Waals surface area contributed by atoms with Gasteiger partial charge in [-0.05, 0) is 42.7 Å². The maximum absolute atomic E-state index is 9.72. The van der Waals surface area contributed by atoms with E-state index in [1.807, 2.05) is 0 Å². The van der Waals surface area contributed by atoms with Crippen LogP contribution in [0.4, 0.5) is 0 Å². The van der Waals surface area contributed by atoms with Crippen LogP contribution in [-0.2, 0) is 0 Å². The Labute approximate surface area is 89.0 Å². The zero-order valence-corrected chi connectivity index (χ0v) is 8.94. The van der Waals surface area contributed by atoms with E-state index in [0.29, 0.717) is 16.7 Å². The molecule has 2 unspecified atom stereocenters. The van der Waals surface area contributed by atoms with E-state index in [0.717, 1.165) is 0 Å². The maximum Gasteiger partial charge on any atom is 0.121 e. The monoisotopic (exact) mass is 211 g/mol. The first-order valence-corrected chi connectivity index (χ1v) is 4.83. The smallest absolute Gasteiger partial charge is 0.121 e. The predicted molar refractivity (Wildman–Crippen MR) is 57.6 cm³/mol. The largest absolute Gasteiger partial charge is 0.507 e. The zero-order chi connectivity index (χ0) is 11.6. The van der Waals surface area contributed by atoms with Crippen molar-refractivity contribution in [3.63, 3.8) is 0 Å². The van der Waals surface area contributed by atoms with E-state index in [9.17, 15) is 15.3 Å². The molecule has 15 heavy (non-hydrogen) atoms. The van der Waals surface area contributed by atoms with E-state index in [2.05, 4.69) is 0 Å². The Hall–Kier alpha value is -1.10. The highest BCUT2D eigenvalue weighted by atomic mass is 16.3. The summed E-state index contributed by atoms with van der Waals surface area (Å²) in [6, 6.07) is 3.29. The van der Waals surface area contributed by atoms with Crippen LogP contribution < -0.4 is 5.73 Å². The molecule has 0 amide bonds. The fourth-order valence-electron chi connectivity index (χ4n) is 1.51. The van der Waals surface area contributed by atoms with Crippen molar-refractivity contribution in [2.75, 3.05) is 6.54 Å². The van der Waals surface area contributed by atoms with Crippen LogP contribution in [0.5, 0.6) is 5.75 Å². The van der Waals surface area contributed by atoms with E-state index in [1.54, 1.807) is 26.0 Å². The Morgan fingerprint density at radius 2 is 1.67 bits per heavy atom. The molecule has 0 aliphatic rings. The molecule has 4 heteroatoms. The fraction of sp³-hybridized carbons (Fsp3) is 0.455. The van der Waals surface area contributed by atoms with Crippen molar-refractivity contribution >= 4 is 0 Å². The van der Waals surface area contributed by atoms with Crippen molar-refractivity contribution in [1.82, 2.24) is 0 Å². The van der Waals surface area contributed by atoms with Gasteiger partial charge >= 0.3 is 0 Å². The van der Waals surface area contributed by atoms with Crippen molar-refractivity contribution < 1.29 is 15.3 Å². The van der Waals surface area contributed by atoms with Gasteiger partial charge in [0.05, 0.1) is 6.10 Å². The molecule has 0 spiro atoms. The second-order valence-corrected chi connectivity index (χ2v) is 3.75. The molecule has 0 heterocycles. The van der Waals surface area contributed by atoms with Crippen LogP contribution in [0.15, 0.2) is 12.1 Å². The molecule has 0 saturated carbocycles. The van der Waals surface area contributed by atoms with Gasteiger partial charge in [0.2, 0.25) is 0 Å². The minimum absolute atomic E-state index is 0.000137. The van der Waals surface area contributed by atoms with Gasteiger partial charge in [-0.2, -0.15) is 0 Å². The number of hydrogen-bond donors (Lipinski definition) is 4. The molecule has 0 saturated heterocycles. The van der Waals surface area contributed by atoms with E-state index >= 15 is 0 Å². The third kappa shape index (κ3) is 2.47. The molecule has 1 aromatic rings. The van der Waals surface area contributed by atoms with Gasteiger partial charge in [0.15, 0.2) is 0 Å². The van der Waals surface area contributed by atoms with Gasteiger partial charge in [-0.15, -0.1) is 0 Å². The molecular weight excluding hydrogens is 194 g/mol. The highest BCUT2D eigenvalue weighted by Crippen LogP contribution is 2.27. The number of aryl methyl sites for hydroxylation is 2. The number of phenols is 1. The molecule has 0 aliphatic heterocycles. The van der Waals surface area contributed by atoms with Crippen molar-refractivity contribution in [3.05, 3.63) is 28.8 Å². The minimum Gasteiger partial charge on any atom is -0.507 e. The van der Waals surface area contributed by atoms with Crippen molar-refractivity contribution in [2.45, 2.75) is 26.1 Å². The lowest BCUT2D eigenvalue weighted by Crippen LogP contribution is -2.27. The Balaban J connectivity index is 3.06. The number of aliphatic hydroxyl groups excluding tert-OH is 2. The molecule has 0 aromatic heterocycles. The summed E-state index contributed by atoms with van der Waals surface area (Å²) >= 11 is 0. The van der Waals surface area contributed by atoms with Crippen molar-refractivity contribution in [2.24, 2.45) is 5.73 Å². The topological polar surface area (TPSA) is 86.7 Å². The quantitative estimate of drug-likeness (QED) is 0.581. The zero-order valence-electron chi connectivity index (χ0n) is 8.94. The van der Waals surface area contributed by atoms with Gasteiger partial charge in [-0.3, -0.25) is 0 Å². The lowest BCUT2D eigenvalue weighted by atomic mass is 9.99. The fourth-order valence-corrected chi connectivity index (χ4v) is 1.51. The minimum atomic E-state index is -1.01. The summed E-state index contributed by atoms with van der Waals surface area (Å²) in [5, 5.41) is 28.7. The number of aliphatic hydroxyl groups is 2. The molecule has 0 aliphatic carbocycles. The second kappa shape index (κ2) is 4.61. The van der Waals surface area contributed by atoms with E-state index in [4.69, 9.17) is 5.73 Å². The molecule has 84 valence electrons. The van der Waals surface area contributed by atoms with Crippen LogP contribution in [0.25, 0.3) is 0 Å². The first kappa shape index (κ1) is 12.0. The summed E-state index contributed by atoms with van der Waals surface area (Å²) in [7, 11) is 0. The Morgan fingerprint density at radius 1 is 1.20 bits per heavy atom. The molecule has 0 radical (unpaired) electrons. The summed E-state index contributed by atoms with van der Waals surface area (Å²) in [5.74, 6) is 0.216. The number of phenolic OH excluding ortho intramolecular Hbond substituents is 1. The van der Waals surface area contributed by atoms with Crippen LogP contribution >= 0.6 is 0 Å². The lowest BCUT2D eigenvalue weighted by molar-refractivity contribution is 0.0242. The molecule has 0 fully saturated rings. The Bertz CT molecular complexity index is 329. The highest BCUT2D eigenvalue weighted by molar-refractivity contribution is 5.43. The number of benzene rings is 1. The summed E-state index contributed by atoms with van der Waals surface area (Å²) < 4.78 is 0. The van der Waals surface area contributed by atoms with Gasteiger partial charge < -0.3 is 21.1 Å². The third-order valence-electron chi connectivity index (χ3n) is 2.46. The number of hydrogen-bond acceptors (Lipinski definition) is 4. The normalized spacial score (nSPS) is 15.0. The molecule has 4 nitrogen and oxygen atoms in total. The summed E-state index contributed by atoms with van der Waals surface area (Å²) in [6.07, 6.45) is -1.98. The van der Waals surface area contributed by atoms with Gasteiger partial charge in [0, 0.05) is 6.54 Å². The molecule has 1 rings (SSSR count). The predicted octanol–water partition coefficient (Wildman–Crippen LogP) is 0.362. The Kier molecular flexibility index (Phi) is 3.68. The highest BCUT2D eigenvalue weighted by Gasteiger charge is 2.18. The summed E-state index contributed by atoms with van der Waals surface area (Å²) in [4.78, 5) is 0. The second-order valence-electron chi connectivity index (χ2n) is 3.75. The summed E-state index contributed by atoms with van der Waals surface area (Å²) in [5.41, 5.74) is 7.18. The third-order valence-corrected chi connectivity index (χ3v) is 2.46. The number of nitrogens with two attached hydrogens (primary N) is 1. The summed E-state index contributed by atoms with van der Waals surface area (Å²) in [6.45, 7) is 3.49. The Morgan fingerprint density at radius 3 is 2.07 bits per heavy atom. The first-order chi connectivity index (χ1) is 6.97. The first-order valence-electron chi connectivity index (χ1n) is 4.83. The molecule has 0 bridgehead atoms. The molecular formula is C11H17NO3. The van der Waals surface area contributed by atoms with Crippen LogP contribution in [0.2, 0.25) is 0 Å². The van der Waals surface area contributed by atoms with Crippen molar-refractivity contribution in [1.29, 1.82) is 0 Å². The van der Waals surface area contributed by atoms with E-state index < -0.39 is 12.2 Å². The van der Waals surface area contributed by atoms with Gasteiger partial charge in [-0.1, -0.05) is 0 Å². The lowest BCUT2D eigenvalue weighted by Gasteiger charge is -2.18. The van der Waals surface area contributed by atoms with Crippen molar-refractivity contribution in [3.8, 4) is 5.75 Å². The van der Waals surface area contributed by atoms with Crippen LogP contribution in [0.3, 0.4) is 0 Å². The molecule has 2 atom stereocenters. The number of rotatable bonds is 3. The van der Waals surface area contributed by atoms with E-state index in [-0.39, 0.29) is 12.3 Å². The van der Waals surface area contributed by atoms with Crippen LogP contribution in [0, 0.1) is 13.8 Å². The molecule has 5 N–H and O–H groups in total. The average molecular weight is 211 g/mol. The number of aromatic hydroxyl groups is 1.